The number of carbonyl (C=O) groups excluding carboxylic acids is 1. The Labute approximate surface area is 106 Å². The van der Waals surface area contributed by atoms with E-state index in [-0.39, 0.29) is 11.4 Å². The summed E-state index contributed by atoms with van der Waals surface area (Å²) in [5, 5.41) is 0. The van der Waals surface area contributed by atoms with Crippen LogP contribution in [0.2, 0.25) is 0 Å². The van der Waals surface area contributed by atoms with E-state index in [1.807, 2.05) is 36.4 Å². The zero-order valence-electron chi connectivity index (χ0n) is 9.53. The smallest absolute Gasteiger partial charge is 0.203 e. The van der Waals surface area contributed by atoms with Gasteiger partial charge in [0, 0.05) is 11.1 Å². The third-order valence-electron chi connectivity index (χ3n) is 3.17. The normalized spacial score (nSPS) is 16.2. The van der Waals surface area contributed by atoms with Crippen LogP contribution in [-0.2, 0) is 4.79 Å². The van der Waals surface area contributed by atoms with Gasteiger partial charge in [-0.3, -0.25) is 4.79 Å². The molecule has 0 radical (unpaired) electrons. The SMILES string of the molecule is C#CC1=C(C#C)C(=O)C2=Cc3ccccc3C2=C1. The largest absolute Gasteiger partial charge is 0.288 e. The third-order valence-corrected chi connectivity index (χ3v) is 3.17. The Hall–Kier alpha value is -2.77. The molecule has 2 aliphatic carbocycles. The maximum absolute atomic E-state index is 12.3. The molecule has 18 heavy (non-hydrogen) atoms. The molecular formula is C17H8O. The van der Waals surface area contributed by atoms with Gasteiger partial charge >= 0.3 is 0 Å². The van der Waals surface area contributed by atoms with E-state index in [9.17, 15) is 4.79 Å². The maximum Gasteiger partial charge on any atom is 0.203 e. The lowest BCUT2D eigenvalue weighted by atomic mass is 9.87. The summed E-state index contributed by atoms with van der Waals surface area (Å²) in [6, 6.07) is 7.83. The van der Waals surface area contributed by atoms with Crippen molar-refractivity contribution in [3.05, 3.63) is 58.2 Å². The molecule has 0 saturated carbocycles. The fraction of sp³-hybridized carbons (Fsp3) is 0. The first-order valence-electron chi connectivity index (χ1n) is 5.51. The van der Waals surface area contributed by atoms with E-state index in [0.717, 1.165) is 16.7 Å². The standard InChI is InChI=1S/C17H8O/c1-3-11-9-15-14-8-6-5-7-12(14)10-16(15)17(18)13(11)4-2/h1-2,5-10H. The molecule has 0 unspecified atom stereocenters. The molecule has 0 atom stereocenters. The van der Waals surface area contributed by atoms with Crippen LogP contribution >= 0.6 is 0 Å². The first-order chi connectivity index (χ1) is 8.76. The van der Waals surface area contributed by atoms with E-state index in [1.165, 1.54) is 0 Å². The summed E-state index contributed by atoms with van der Waals surface area (Å²) in [7, 11) is 0. The van der Waals surface area contributed by atoms with Gasteiger partial charge < -0.3 is 0 Å². The lowest BCUT2D eigenvalue weighted by molar-refractivity contribution is -0.111. The molecule has 82 valence electrons. The van der Waals surface area contributed by atoms with Gasteiger partial charge in [-0.15, -0.1) is 12.8 Å². The molecule has 0 aliphatic heterocycles. The van der Waals surface area contributed by atoms with Crippen molar-refractivity contribution in [1.29, 1.82) is 0 Å². The number of rotatable bonds is 0. The van der Waals surface area contributed by atoms with E-state index >= 15 is 0 Å². The van der Waals surface area contributed by atoms with Gasteiger partial charge in [0.1, 0.15) is 0 Å². The van der Waals surface area contributed by atoms with Crippen molar-refractivity contribution in [2.75, 3.05) is 0 Å². The average Bonchev–Trinajstić information content (AvgIpc) is 2.77. The Balaban J connectivity index is 2.30. The average molecular weight is 228 g/mol. The van der Waals surface area contributed by atoms with Crippen molar-refractivity contribution in [1.82, 2.24) is 0 Å². The number of hydrogen-bond donors (Lipinski definition) is 0. The van der Waals surface area contributed by atoms with Gasteiger partial charge in [-0.25, -0.2) is 0 Å². The Morgan fingerprint density at radius 3 is 2.44 bits per heavy atom. The molecule has 0 aromatic heterocycles. The monoisotopic (exact) mass is 228 g/mol. The van der Waals surface area contributed by atoms with Crippen LogP contribution < -0.4 is 0 Å². The summed E-state index contributed by atoms with van der Waals surface area (Å²) in [6.45, 7) is 0. The molecule has 0 N–H and O–H groups in total. The van der Waals surface area contributed by atoms with Crippen molar-refractivity contribution < 1.29 is 4.79 Å². The zero-order valence-corrected chi connectivity index (χ0v) is 9.53. The van der Waals surface area contributed by atoms with Crippen molar-refractivity contribution in [2.24, 2.45) is 0 Å². The molecule has 0 saturated heterocycles. The number of Topliss-reactive ketones (excluding diaryl/α,β-unsaturated/α-hetero) is 1. The van der Waals surface area contributed by atoms with Gasteiger partial charge in [0.25, 0.3) is 0 Å². The number of carbonyl (C=O) groups is 1. The summed E-state index contributed by atoms with van der Waals surface area (Å²) in [4.78, 5) is 12.3. The van der Waals surface area contributed by atoms with Crippen LogP contribution in [-0.4, -0.2) is 5.78 Å². The molecule has 0 bridgehead atoms. The quantitative estimate of drug-likeness (QED) is 0.624. The predicted molar refractivity (Wildman–Crippen MR) is 72.1 cm³/mol. The molecule has 0 fully saturated rings. The second kappa shape index (κ2) is 3.62. The van der Waals surface area contributed by atoms with E-state index in [1.54, 1.807) is 0 Å². The third kappa shape index (κ3) is 1.22. The number of allylic oxidation sites excluding steroid dienone is 5. The fourth-order valence-electron chi connectivity index (χ4n) is 2.32. The van der Waals surface area contributed by atoms with Crippen LogP contribution in [0.15, 0.2) is 47.1 Å². The number of terminal acetylenes is 2. The van der Waals surface area contributed by atoms with E-state index < -0.39 is 0 Å². The summed E-state index contributed by atoms with van der Waals surface area (Å²) < 4.78 is 0. The highest BCUT2D eigenvalue weighted by Gasteiger charge is 2.30. The molecule has 1 heteroatoms. The first kappa shape index (κ1) is 10.4. The van der Waals surface area contributed by atoms with Crippen molar-refractivity contribution in [3.8, 4) is 24.7 Å². The van der Waals surface area contributed by atoms with E-state index in [0.29, 0.717) is 11.1 Å². The lowest BCUT2D eigenvalue weighted by Crippen LogP contribution is -2.11. The summed E-state index contributed by atoms with van der Waals surface area (Å²) in [5.74, 6) is 4.73. The molecule has 2 aliphatic rings. The van der Waals surface area contributed by atoms with Crippen LogP contribution in [0.5, 0.6) is 0 Å². The minimum atomic E-state index is -0.154. The van der Waals surface area contributed by atoms with Crippen molar-refractivity contribution in [3.63, 3.8) is 0 Å². The maximum atomic E-state index is 12.3. The van der Waals surface area contributed by atoms with Gasteiger partial charge in [0.2, 0.25) is 5.78 Å². The number of hydrogen-bond acceptors (Lipinski definition) is 1. The highest BCUT2D eigenvalue weighted by Crippen LogP contribution is 2.40. The van der Waals surface area contributed by atoms with Crippen molar-refractivity contribution >= 4 is 17.4 Å². The topological polar surface area (TPSA) is 17.1 Å². The van der Waals surface area contributed by atoms with Gasteiger partial charge in [-0.05, 0) is 28.9 Å². The minimum absolute atomic E-state index is 0.154. The highest BCUT2D eigenvalue weighted by molar-refractivity contribution is 6.28. The second-order valence-corrected chi connectivity index (χ2v) is 4.11. The number of fused-ring (bicyclic) bond motifs is 3. The Bertz CT molecular complexity index is 756. The Morgan fingerprint density at radius 1 is 0.944 bits per heavy atom. The molecule has 3 rings (SSSR count). The molecule has 1 aromatic carbocycles. The van der Waals surface area contributed by atoms with Gasteiger partial charge in [-0.2, -0.15) is 0 Å². The molecule has 0 amide bonds. The molecule has 1 nitrogen and oxygen atoms in total. The fourth-order valence-corrected chi connectivity index (χ4v) is 2.32. The first-order valence-corrected chi connectivity index (χ1v) is 5.51. The van der Waals surface area contributed by atoms with Gasteiger partial charge in [0.15, 0.2) is 0 Å². The minimum Gasteiger partial charge on any atom is -0.288 e. The highest BCUT2D eigenvalue weighted by atomic mass is 16.1. The second-order valence-electron chi connectivity index (χ2n) is 4.11. The van der Waals surface area contributed by atoms with Crippen LogP contribution in [0.3, 0.4) is 0 Å². The van der Waals surface area contributed by atoms with E-state index in [4.69, 9.17) is 12.8 Å². The number of ketones is 1. The van der Waals surface area contributed by atoms with E-state index in [2.05, 4.69) is 11.8 Å². The Morgan fingerprint density at radius 2 is 1.72 bits per heavy atom. The molecule has 0 spiro atoms. The summed E-state index contributed by atoms with van der Waals surface area (Å²) in [6.07, 6.45) is 14.5. The zero-order chi connectivity index (χ0) is 12.7. The Kier molecular flexibility index (Phi) is 2.09. The number of benzene rings is 1. The van der Waals surface area contributed by atoms with Gasteiger partial charge in [-0.1, -0.05) is 36.1 Å². The van der Waals surface area contributed by atoms with Gasteiger partial charge in [0.05, 0.1) is 5.57 Å². The summed E-state index contributed by atoms with van der Waals surface area (Å²) in [5.41, 5.74) is 4.35. The molecule has 1 aromatic rings. The van der Waals surface area contributed by atoms with Crippen LogP contribution in [0, 0.1) is 24.7 Å². The van der Waals surface area contributed by atoms with Crippen LogP contribution in [0.1, 0.15) is 11.1 Å². The lowest BCUT2D eigenvalue weighted by Gasteiger charge is -2.13. The molecular weight excluding hydrogens is 220 g/mol. The van der Waals surface area contributed by atoms with Crippen LogP contribution in [0.4, 0.5) is 0 Å². The predicted octanol–water partition coefficient (Wildman–Crippen LogP) is 2.61. The van der Waals surface area contributed by atoms with Crippen LogP contribution in [0.25, 0.3) is 11.6 Å². The molecule has 0 heterocycles. The summed E-state index contributed by atoms with van der Waals surface area (Å²) >= 11 is 0. The van der Waals surface area contributed by atoms with Crippen molar-refractivity contribution in [2.45, 2.75) is 0 Å².